The molecule has 47 heavy (non-hydrogen) atoms. The van der Waals surface area contributed by atoms with E-state index < -0.39 is 0 Å². The van der Waals surface area contributed by atoms with E-state index in [1.807, 2.05) is 23.5 Å². The number of benzene rings is 8. The van der Waals surface area contributed by atoms with E-state index >= 15 is 0 Å². The van der Waals surface area contributed by atoms with Gasteiger partial charge in [-0.3, -0.25) is 0 Å². The third kappa shape index (κ3) is 4.25. The van der Waals surface area contributed by atoms with Crippen molar-refractivity contribution in [3.8, 4) is 11.1 Å². The highest BCUT2D eigenvalue weighted by Crippen LogP contribution is 2.42. The standard InChI is InChI=1S/C44H27NOS/c1-2-10-35-28(8-1)9-7-13-36(35)29-16-19-32(20-17-29)45(34-22-23-44-40(27-34)38-12-4-6-15-43(38)47-44)33-21-18-30-25-39-37-11-3-5-14-41(37)46-42(39)26-31(30)24-33/h1-27H. The molecule has 0 aliphatic carbocycles. The summed E-state index contributed by atoms with van der Waals surface area (Å²) in [6.45, 7) is 0. The Labute approximate surface area is 275 Å². The van der Waals surface area contributed by atoms with Gasteiger partial charge in [0, 0.05) is 48.0 Å². The molecule has 10 aromatic rings. The number of fused-ring (bicyclic) bond motifs is 8. The van der Waals surface area contributed by atoms with Gasteiger partial charge in [0.05, 0.1) is 0 Å². The summed E-state index contributed by atoms with van der Waals surface area (Å²) in [6.07, 6.45) is 0. The fourth-order valence-electron chi connectivity index (χ4n) is 7.16. The summed E-state index contributed by atoms with van der Waals surface area (Å²) in [5, 5.41) is 9.74. The first kappa shape index (κ1) is 26.3. The lowest BCUT2D eigenvalue weighted by atomic mass is 9.98. The predicted molar refractivity (Wildman–Crippen MR) is 202 cm³/mol. The van der Waals surface area contributed by atoms with E-state index in [-0.39, 0.29) is 0 Å². The van der Waals surface area contributed by atoms with Crippen LogP contribution in [0.3, 0.4) is 0 Å². The van der Waals surface area contributed by atoms with Gasteiger partial charge in [-0.1, -0.05) is 97.1 Å². The first-order chi connectivity index (χ1) is 23.3. The third-order valence-electron chi connectivity index (χ3n) is 9.42. The highest BCUT2D eigenvalue weighted by molar-refractivity contribution is 7.25. The van der Waals surface area contributed by atoms with Crippen LogP contribution < -0.4 is 4.90 Å². The average molecular weight is 618 g/mol. The Balaban J connectivity index is 1.15. The van der Waals surface area contributed by atoms with Crippen molar-refractivity contribution in [1.29, 1.82) is 0 Å². The molecule has 0 saturated heterocycles. The minimum atomic E-state index is 0.910. The van der Waals surface area contributed by atoms with Crippen molar-refractivity contribution in [2.75, 3.05) is 4.90 Å². The smallest absolute Gasteiger partial charge is 0.136 e. The second kappa shape index (κ2) is 10.3. The average Bonchev–Trinajstić information content (AvgIpc) is 3.68. The molecule has 8 aromatic carbocycles. The molecule has 2 nitrogen and oxygen atoms in total. The second-order valence-electron chi connectivity index (χ2n) is 12.2. The second-order valence-corrected chi connectivity index (χ2v) is 13.2. The molecule has 3 heteroatoms. The van der Waals surface area contributed by atoms with Crippen LogP contribution in [0.2, 0.25) is 0 Å². The van der Waals surface area contributed by atoms with Gasteiger partial charge in [0.15, 0.2) is 0 Å². The molecule has 0 bridgehead atoms. The van der Waals surface area contributed by atoms with Gasteiger partial charge in [0.2, 0.25) is 0 Å². The largest absolute Gasteiger partial charge is 0.456 e. The monoisotopic (exact) mass is 617 g/mol. The summed E-state index contributed by atoms with van der Waals surface area (Å²) in [5.41, 5.74) is 7.61. The van der Waals surface area contributed by atoms with Crippen LogP contribution in [0.25, 0.3) is 74.8 Å². The van der Waals surface area contributed by atoms with Gasteiger partial charge in [0.1, 0.15) is 11.2 Å². The van der Waals surface area contributed by atoms with Crippen molar-refractivity contribution >= 4 is 92.1 Å². The Kier molecular flexibility index (Phi) is 5.78. The number of furan rings is 1. The highest BCUT2D eigenvalue weighted by Gasteiger charge is 2.17. The molecule has 2 heterocycles. The van der Waals surface area contributed by atoms with E-state index in [9.17, 15) is 0 Å². The molecular weight excluding hydrogens is 591 g/mol. The fraction of sp³-hybridized carbons (Fsp3) is 0. The number of rotatable bonds is 4. The van der Waals surface area contributed by atoms with Crippen LogP contribution in [0.1, 0.15) is 0 Å². The van der Waals surface area contributed by atoms with Gasteiger partial charge in [-0.15, -0.1) is 11.3 Å². The van der Waals surface area contributed by atoms with Crippen molar-refractivity contribution in [2.45, 2.75) is 0 Å². The summed E-state index contributed by atoms with van der Waals surface area (Å²) >= 11 is 1.85. The molecule has 0 saturated carbocycles. The van der Waals surface area contributed by atoms with E-state index in [4.69, 9.17) is 4.42 Å². The van der Waals surface area contributed by atoms with Gasteiger partial charge in [-0.05, 0) is 99.4 Å². The first-order valence-electron chi connectivity index (χ1n) is 15.9. The minimum Gasteiger partial charge on any atom is -0.456 e. The van der Waals surface area contributed by atoms with Gasteiger partial charge >= 0.3 is 0 Å². The molecule has 0 N–H and O–H groups in total. The van der Waals surface area contributed by atoms with Gasteiger partial charge in [-0.25, -0.2) is 0 Å². The molecule has 220 valence electrons. The normalized spacial score (nSPS) is 11.8. The zero-order valence-corrected chi connectivity index (χ0v) is 26.2. The fourth-order valence-corrected chi connectivity index (χ4v) is 8.25. The summed E-state index contributed by atoms with van der Waals surface area (Å²) in [7, 11) is 0. The number of para-hydroxylation sites is 1. The number of hydrogen-bond donors (Lipinski definition) is 0. The zero-order chi connectivity index (χ0) is 30.9. The van der Waals surface area contributed by atoms with Gasteiger partial charge < -0.3 is 9.32 Å². The topological polar surface area (TPSA) is 16.4 Å². The SMILES string of the molecule is c1ccc2c(-c3ccc(N(c4ccc5cc6c(cc5c4)oc4ccccc46)c4ccc5sc6ccccc6c5c4)cc3)cccc2c1. The van der Waals surface area contributed by atoms with E-state index in [2.05, 4.69) is 157 Å². The molecule has 0 aliphatic rings. The van der Waals surface area contributed by atoms with Crippen LogP contribution in [0, 0.1) is 0 Å². The van der Waals surface area contributed by atoms with Crippen LogP contribution >= 0.6 is 11.3 Å². The molecule has 10 rings (SSSR count). The van der Waals surface area contributed by atoms with Crippen LogP contribution in [0.5, 0.6) is 0 Å². The predicted octanol–water partition coefficient (Wildman–Crippen LogP) is 13.4. The minimum absolute atomic E-state index is 0.910. The number of anilines is 3. The van der Waals surface area contributed by atoms with Crippen molar-refractivity contribution in [3.63, 3.8) is 0 Å². The first-order valence-corrected chi connectivity index (χ1v) is 16.7. The summed E-state index contributed by atoms with van der Waals surface area (Å²) in [6, 6.07) is 59.2. The summed E-state index contributed by atoms with van der Waals surface area (Å²) in [5.74, 6) is 0. The van der Waals surface area contributed by atoms with Crippen molar-refractivity contribution in [1.82, 2.24) is 0 Å². The van der Waals surface area contributed by atoms with E-state index in [0.29, 0.717) is 0 Å². The molecule has 0 radical (unpaired) electrons. The molecule has 0 atom stereocenters. The Hall–Kier alpha value is -5.90. The van der Waals surface area contributed by atoms with Crippen LogP contribution in [0.4, 0.5) is 17.1 Å². The number of nitrogens with zero attached hydrogens (tertiary/aromatic N) is 1. The Morgan fingerprint density at radius 1 is 0.383 bits per heavy atom. The van der Waals surface area contributed by atoms with Gasteiger partial charge in [0.25, 0.3) is 0 Å². The summed E-state index contributed by atoms with van der Waals surface area (Å²) in [4.78, 5) is 2.38. The lowest BCUT2D eigenvalue weighted by molar-refractivity contribution is 0.669. The van der Waals surface area contributed by atoms with E-state index in [1.165, 1.54) is 47.5 Å². The lowest BCUT2D eigenvalue weighted by Crippen LogP contribution is -2.09. The maximum Gasteiger partial charge on any atom is 0.136 e. The molecular formula is C44H27NOS. The van der Waals surface area contributed by atoms with Crippen LogP contribution in [-0.4, -0.2) is 0 Å². The van der Waals surface area contributed by atoms with Crippen LogP contribution in [-0.2, 0) is 0 Å². The summed E-state index contributed by atoms with van der Waals surface area (Å²) < 4.78 is 8.89. The maximum atomic E-state index is 6.28. The maximum absolute atomic E-state index is 6.28. The Morgan fingerprint density at radius 3 is 2.00 bits per heavy atom. The van der Waals surface area contributed by atoms with E-state index in [1.54, 1.807) is 0 Å². The van der Waals surface area contributed by atoms with Crippen molar-refractivity contribution in [2.24, 2.45) is 0 Å². The Morgan fingerprint density at radius 2 is 1.09 bits per heavy atom. The molecule has 0 amide bonds. The van der Waals surface area contributed by atoms with Gasteiger partial charge in [-0.2, -0.15) is 0 Å². The molecule has 0 fully saturated rings. The lowest BCUT2D eigenvalue weighted by Gasteiger charge is -2.26. The number of thiophene rings is 1. The number of hydrogen-bond acceptors (Lipinski definition) is 3. The van der Waals surface area contributed by atoms with Crippen molar-refractivity contribution < 1.29 is 4.42 Å². The van der Waals surface area contributed by atoms with Crippen molar-refractivity contribution in [3.05, 3.63) is 164 Å². The third-order valence-corrected chi connectivity index (χ3v) is 10.6. The highest BCUT2D eigenvalue weighted by atomic mass is 32.1. The molecule has 0 spiro atoms. The quantitative estimate of drug-likeness (QED) is 0.195. The molecule has 0 aliphatic heterocycles. The van der Waals surface area contributed by atoms with E-state index in [0.717, 1.165) is 44.4 Å². The molecule has 2 aromatic heterocycles. The van der Waals surface area contributed by atoms with Crippen LogP contribution in [0.15, 0.2) is 168 Å². The Bertz CT molecular complexity index is 2800. The zero-order valence-electron chi connectivity index (χ0n) is 25.4. The molecule has 0 unspecified atom stereocenters.